The molecule has 0 bridgehead atoms. The molecule has 1 aliphatic rings. The molecule has 1 aliphatic heterocycles. The van der Waals surface area contributed by atoms with E-state index in [2.05, 4.69) is 26.1 Å². The van der Waals surface area contributed by atoms with E-state index in [1.807, 2.05) is 48.5 Å². The van der Waals surface area contributed by atoms with E-state index in [4.69, 9.17) is 28.9 Å². The first-order valence-corrected chi connectivity index (χ1v) is 15.9. The fraction of sp³-hybridized carbons (Fsp3) is 0.286. The van der Waals surface area contributed by atoms with E-state index in [1.165, 1.54) is 10.4 Å². The molecule has 0 saturated carbocycles. The lowest BCUT2D eigenvalue weighted by Crippen LogP contribution is -2.61. The maximum atomic E-state index is 13.1. The zero-order valence-corrected chi connectivity index (χ0v) is 25.8. The van der Waals surface area contributed by atoms with Gasteiger partial charge in [0, 0.05) is 33.2 Å². The van der Waals surface area contributed by atoms with Crippen molar-refractivity contribution < 1.29 is 18.0 Å². The van der Waals surface area contributed by atoms with Crippen molar-refractivity contribution in [1.82, 2.24) is 10.2 Å². The van der Waals surface area contributed by atoms with Gasteiger partial charge < -0.3 is 11.1 Å². The van der Waals surface area contributed by atoms with Gasteiger partial charge in [0.2, 0.25) is 15.9 Å². The highest BCUT2D eigenvalue weighted by atomic mass is 79.9. The molecule has 3 aromatic rings. The van der Waals surface area contributed by atoms with Crippen molar-refractivity contribution in [3.8, 4) is 0 Å². The Bertz CT molecular complexity index is 1450. The Labute approximate surface area is 252 Å². The second kappa shape index (κ2) is 12.5. The van der Waals surface area contributed by atoms with Crippen LogP contribution in [0.15, 0.2) is 71.2 Å². The first-order valence-electron chi connectivity index (χ1n) is 12.5. The summed E-state index contributed by atoms with van der Waals surface area (Å²) in [6.45, 7) is 2.62. The van der Waals surface area contributed by atoms with Crippen LogP contribution in [0.4, 0.5) is 5.69 Å². The van der Waals surface area contributed by atoms with Gasteiger partial charge in [0.25, 0.3) is 5.91 Å². The van der Waals surface area contributed by atoms with Gasteiger partial charge in [-0.3, -0.25) is 18.8 Å². The quantitative estimate of drug-likeness (QED) is 0.316. The molecule has 3 aromatic carbocycles. The molecule has 0 aliphatic carbocycles. The van der Waals surface area contributed by atoms with Crippen molar-refractivity contribution in [3.63, 3.8) is 0 Å². The zero-order valence-electron chi connectivity index (χ0n) is 21.9. The van der Waals surface area contributed by atoms with Crippen molar-refractivity contribution in [1.29, 1.82) is 0 Å². The van der Waals surface area contributed by atoms with Crippen molar-refractivity contribution in [2.24, 2.45) is 5.73 Å². The molecular formula is C28H29BrCl2N4O4S. The molecule has 1 saturated heterocycles. The van der Waals surface area contributed by atoms with Gasteiger partial charge in [-0.1, -0.05) is 70.3 Å². The minimum atomic E-state index is -3.72. The number of hydrogen-bond donors (Lipinski definition) is 2. The number of halogens is 3. The van der Waals surface area contributed by atoms with Crippen LogP contribution in [0.1, 0.15) is 40.9 Å². The van der Waals surface area contributed by atoms with Crippen LogP contribution in [-0.4, -0.2) is 56.6 Å². The predicted molar refractivity (Wildman–Crippen MR) is 162 cm³/mol. The first-order chi connectivity index (χ1) is 18.9. The van der Waals surface area contributed by atoms with Gasteiger partial charge in [-0.25, -0.2) is 8.42 Å². The highest BCUT2D eigenvalue weighted by molar-refractivity contribution is 9.10. The summed E-state index contributed by atoms with van der Waals surface area (Å²) in [4.78, 5) is 26.7. The third-order valence-corrected chi connectivity index (χ3v) is 8.96. The topological polar surface area (TPSA) is 113 Å². The Morgan fingerprint density at radius 2 is 1.55 bits per heavy atom. The molecule has 4 rings (SSSR count). The van der Waals surface area contributed by atoms with Crippen LogP contribution >= 0.6 is 39.1 Å². The van der Waals surface area contributed by atoms with Crippen LogP contribution in [-0.2, 0) is 14.8 Å². The summed E-state index contributed by atoms with van der Waals surface area (Å²) < 4.78 is 28.0. The summed E-state index contributed by atoms with van der Waals surface area (Å²) in [5, 5.41) is 3.86. The Kier molecular flexibility index (Phi) is 9.47. The van der Waals surface area contributed by atoms with Crippen LogP contribution in [0.5, 0.6) is 0 Å². The van der Waals surface area contributed by atoms with E-state index in [0.717, 1.165) is 17.4 Å². The molecule has 1 unspecified atom stereocenters. The third kappa shape index (κ3) is 6.98. The summed E-state index contributed by atoms with van der Waals surface area (Å²) in [5.41, 5.74) is 7.94. The Morgan fingerprint density at radius 3 is 2.00 bits per heavy atom. The second-order valence-electron chi connectivity index (χ2n) is 9.71. The smallest absolute Gasteiger partial charge is 0.252 e. The van der Waals surface area contributed by atoms with Crippen molar-refractivity contribution in [2.45, 2.75) is 31.5 Å². The number of nitrogens with one attached hydrogen (secondary N) is 1. The van der Waals surface area contributed by atoms with Gasteiger partial charge in [0.15, 0.2) is 0 Å². The number of primary amides is 1. The van der Waals surface area contributed by atoms with Crippen molar-refractivity contribution in [3.05, 3.63) is 97.9 Å². The van der Waals surface area contributed by atoms with Crippen LogP contribution < -0.4 is 15.4 Å². The van der Waals surface area contributed by atoms with E-state index < -0.39 is 27.9 Å². The number of carbonyl (C=O) groups is 2. The van der Waals surface area contributed by atoms with E-state index in [-0.39, 0.29) is 17.6 Å². The molecule has 8 nitrogen and oxygen atoms in total. The number of nitrogens with two attached hydrogens (primary N) is 1. The molecule has 3 N–H and O–H groups in total. The lowest BCUT2D eigenvalue weighted by atomic mass is 9.93. The summed E-state index contributed by atoms with van der Waals surface area (Å²) in [6.07, 6.45) is 1.48. The van der Waals surface area contributed by atoms with Crippen LogP contribution in [0.25, 0.3) is 0 Å². The van der Waals surface area contributed by atoms with Gasteiger partial charge >= 0.3 is 0 Å². The van der Waals surface area contributed by atoms with E-state index in [9.17, 15) is 18.0 Å². The van der Waals surface area contributed by atoms with Crippen LogP contribution in [0, 0.1) is 0 Å². The summed E-state index contributed by atoms with van der Waals surface area (Å²) in [5.74, 6) is -1.17. The predicted octanol–water partition coefficient (Wildman–Crippen LogP) is 4.99. The highest BCUT2D eigenvalue weighted by Crippen LogP contribution is 2.37. The Morgan fingerprint density at radius 1 is 1.02 bits per heavy atom. The average molecular weight is 668 g/mol. The standard InChI is InChI=1S/C28H29BrCl2N4O4S/c1-3-25(27(32)36)33-28(37)19-12-20(29)14-23(13-19)35(40(2,38)39)24-15-34(16-24)26(17-4-8-21(30)9-5-17)18-6-10-22(31)11-7-18/h4-14,24-26H,3,15-16H2,1-2H3,(H2,32,36)(H,33,37). The lowest BCUT2D eigenvalue weighted by Gasteiger charge is -2.48. The molecular weight excluding hydrogens is 639 g/mol. The highest BCUT2D eigenvalue weighted by Gasteiger charge is 2.41. The monoisotopic (exact) mass is 666 g/mol. The first kappa shape index (κ1) is 30.3. The van der Waals surface area contributed by atoms with Gasteiger partial charge in [0.1, 0.15) is 6.04 Å². The molecule has 0 spiro atoms. The number of carbonyl (C=O) groups excluding carboxylic acids is 2. The molecule has 212 valence electrons. The number of hydrogen-bond acceptors (Lipinski definition) is 5. The third-order valence-electron chi connectivity index (χ3n) is 6.77. The minimum absolute atomic E-state index is 0.143. The molecule has 1 fully saturated rings. The number of rotatable bonds is 10. The molecule has 0 aromatic heterocycles. The van der Waals surface area contributed by atoms with Crippen molar-refractivity contribution >= 4 is 66.7 Å². The molecule has 0 radical (unpaired) electrons. The summed E-state index contributed by atoms with van der Waals surface area (Å²) in [7, 11) is -3.72. The van der Waals surface area contributed by atoms with Gasteiger partial charge in [-0.15, -0.1) is 0 Å². The van der Waals surface area contributed by atoms with Gasteiger partial charge in [-0.05, 0) is 60.0 Å². The largest absolute Gasteiger partial charge is 0.368 e. The number of anilines is 1. The minimum Gasteiger partial charge on any atom is -0.368 e. The molecule has 1 atom stereocenters. The van der Waals surface area contributed by atoms with Gasteiger partial charge in [0.05, 0.1) is 24.0 Å². The average Bonchev–Trinajstić information content (AvgIpc) is 2.86. The number of amides is 2. The van der Waals surface area contributed by atoms with Gasteiger partial charge in [-0.2, -0.15) is 0 Å². The number of likely N-dealkylation sites (tertiary alicyclic amines) is 1. The molecule has 12 heteroatoms. The zero-order chi connectivity index (χ0) is 29.2. The molecule has 1 heterocycles. The van der Waals surface area contributed by atoms with E-state index >= 15 is 0 Å². The fourth-order valence-corrected chi connectivity index (χ4v) is 6.77. The molecule has 2 amide bonds. The summed E-state index contributed by atoms with van der Waals surface area (Å²) in [6, 6.07) is 18.5. The van der Waals surface area contributed by atoms with Crippen molar-refractivity contribution in [2.75, 3.05) is 23.7 Å². The Hall–Kier alpha value is -2.63. The maximum absolute atomic E-state index is 13.1. The number of nitrogens with zero attached hydrogens (tertiary/aromatic N) is 2. The summed E-state index contributed by atoms with van der Waals surface area (Å²) >= 11 is 15.7. The van der Waals surface area contributed by atoms with E-state index in [1.54, 1.807) is 19.1 Å². The number of sulfonamides is 1. The van der Waals surface area contributed by atoms with Crippen LogP contribution in [0.3, 0.4) is 0 Å². The maximum Gasteiger partial charge on any atom is 0.252 e. The second-order valence-corrected chi connectivity index (χ2v) is 13.4. The normalized spacial score (nSPS) is 14.9. The Balaban J connectivity index is 1.63. The lowest BCUT2D eigenvalue weighted by molar-refractivity contribution is -0.119. The number of benzene rings is 3. The molecule has 40 heavy (non-hydrogen) atoms. The van der Waals surface area contributed by atoms with E-state index in [0.29, 0.717) is 39.7 Å². The SMILES string of the molecule is CCC(NC(=O)c1cc(Br)cc(N(C2CN(C(c3ccc(Cl)cc3)c3ccc(Cl)cc3)C2)S(C)(=O)=O)c1)C(N)=O. The fourth-order valence-electron chi connectivity index (χ4n) is 4.87. The van der Waals surface area contributed by atoms with Crippen LogP contribution in [0.2, 0.25) is 10.0 Å².